The SMILES string of the molecule is COc1cc(C(C)CN)c(Br)c2ccoc12. The average Bonchev–Trinajstić information content (AvgIpc) is 2.78. The topological polar surface area (TPSA) is 48.4 Å². The van der Waals surface area contributed by atoms with Crippen molar-refractivity contribution >= 4 is 26.9 Å². The van der Waals surface area contributed by atoms with E-state index in [0.29, 0.717) is 6.54 Å². The minimum atomic E-state index is 0.280. The Morgan fingerprint density at radius 3 is 2.94 bits per heavy atom. The Bertz CT molecular complexity index is 507. The lowest BCUT2D eigenvalue weighted by Crippen LogP contribution is -2.09. The lowest BCUT2D eigenvalue weighted by molar-refractivity contribution is 0.409. The van der Waals surface area contributed by atoms with Crippen molar-refractivity contribution in [1.29, 1.82) is 0 Å². The first-order chi connectivity index (χ1) is 7.69. The smallest absolute Gasteiger partial charge is 0.176 e. The minimum absolute atomic E-state index is 0.280. The molecule has 2 N–H and O–H groups in total. The Kier molecular flexibility index (Phi) is 3.21. The van der Waals surface area contributed by atoms with Crippen molar-refractivity contribution in [3.63, 3.8) is 0 Å². The number of hydrogen-bond donors (Lipinski definition) is 1. The fourth-order valence-electron chi connectivity index (χ4n) is 1.74. The lowest BCUT2D eigenvalue weighted by atomic mass is 9.99. The van der Waals surface area contributed by atoms with Gasteiger partial charge < -0.3 is 14.9 Å². The maximum Gasteiger partial charge on any atom is 0.176 e. The lowest BCUT2D eigenvalue weighted by Gasteiger charge is -2.13. The van der Waals surface area contributed by atoms with Gasteiger partial charge in [0.25, 0.3) is 0 Å². The first-order valence-corrected chi connectivity index (χ1v) is 5.92. The van der Waals surface area contributed by atoms with E-state index in [1.165, 1.54) is 0 Å². The van der Waals surface area contributed by atoms with E-state index in [4.69, 9.17) is 14.9 Å². The first kappa shape index (κ1) is 11.5. The molecule has 1 aromatic carbocycles. The summed E-state index contributed by atoms with van der Waals surface area (Å²) in [6.45, 7) is 2.69. The molecule has 2 rings (SSSR count). The summed E-state index contributed by atoms with van der Waals surface area (Å²) >= 11 is 3.59. The van der Waals surface area contributed by atoms with Gasteiger partial charge in [0, 0.05) is 9.86 Å². The van der Waals surface area contributed by atoms with E-state index >= 15 is 0 Å². The maximum absolute atomic E-state index is 5.70. The molecule has 1 heterocycles. The standard InChI is InChI=1S/C12H14BrNO2/c1-7(6-14)9-5-10(15-2)12-8(11(9)13)3-4-16-12/h3-5,7H,6,14H2,1-2H3. The second kappa shape index (κ2) is 4.47. The summed E-state index contributed by atoms with van der Waals surface area (Å²) in [5, 5.41) is 1.02. The third-order valence-corrected chi connectivity index (χ3v) is 3.65. The molecule has 4 heteroatoms. The summed E-state index contributed by atoms with van der Waals surface area (Å²) in [5.74, 6) is 1.03. The monoisotopic (exact) mass is 283 g/mol. The van der Waals surface area contributed by atoms with E-state index in [1.54, 1.807) is 13.4 Å². The number of fused-ring (bicyclic) bond motifs is 1. The zero-order valence-electron chi connectivity index (χ0n) is 9.29. The van der Waals surface area contributed by atoms with Crippen LogP contribution < -0.4 is 10.5 Å². The predicted molar refractivity (Wildman–Crippen MR) is 67.9 cm³/mol. The van der Waals surface area contributed by atoms with Crippen LogP contribution in [0.4, 0.5) is 0 Å². The molecule has 1 unspecified atom stereocenters. The quantitative estimate of drug-likeness (QED) is 0.941. The zero-order chi connectivity index (χ0) is 11.7. The Labute approximate surface area is 103 Å². The highest BCUT2D eigenvalue weighted by molar-refractivity contribution is 9.10. The fraction of sp³-hybridized carbons (Fsp3) is 0.333. The van der Waals surface area contributed by atoms with Crippen molar-refractivity contribution < 1.29 is 9.15 Å². The van der Waals surface area contributed by atoms with Crippen LogP contribution in [0.15, 0.2) is 27.3 Å². The molecule has 0 amide bonds. The van der Waals surface area contributed by atoms with Crippen LogP contribution in [0.2, 0.25) is 0 Å². The van der Waals surface area contributed by atoms with Gasteiger partial charge in [0.15, 0.2) is 11.3 Å². The third kappa shape index (κ3) is 1.72. The fourth-order valence-corrected chi connectivity index (χ4v) is 2.55. The van der Waals surface area contributed by atoms with Gasteiger partial charge in [-0.1, -0.05) is 6.92 Å². The summed E-state index contributed by atoms with van der Waals surface area (Å²) < 4.78 is 11.8. The van der Waals surface area contributed by atoms with E-state index < -0.39 is 0 Å². The van der Waals surface area contributed by atoms with E-state index in [9.17, 15) is 0 Å². The van der Waals surface area contributed by atoms with Gasteiger partial charge >= 0.3 is 0 Å². The molecule has 86 valence electrons. The van der Waals surface area contributed by atoms with Gasteiger partial charge in [-0.15, -0.1) is 0 Å². The van der Waals surface area contributed by atoms with Gasteiger partial charge in [-0.3, -0.25) is 0 Å². The molecule has 1 aromatic heterocycles. The first-order valence-electron chi connectivity index (χ1n) is 5.12. The molecular weight excluding hydrogens is 270 g/mol. The summed E-state index contributed by atoms with van der Waals surface area (Å²) in [6, 6.07) is 3.90. The number of methoxy groups -OCH3 is 1. The molecule has 0 fully saturated rings. The summed E-state index contributed by atoms with van der Waals surface area (Å²) in [4.78, 5) is 0. The number of ether oxygens (including phenoxy) is 1. The highest BCUT2D eigenvalue weighted by Gasteiger charge is 2.16. The second-order valence-corrected chi connectivity index (χ2v) is 4.58. The normalized spacial score (nSPS) is 13.0. The Hall–Kier alpha value is -1.00. The number of hydrogen-bond acceptors (Lipinski definition) is 3. The molecule has 0 aliphatic carbocycles. The zero-order valence-corrected chi connectivity index (χ0v) is 10.9. The Morgan fingerprint density at radius 1 is 1.56 bits per heavy atom. The molecule has 0 bridgehead atoms. The van der Waals surface area contributed by atoms with Crippen molar-refractivity contribution in [2.45, 2.75) is 12.8 Å². The molecule has 0 spiro atoms. The van der Waals surface area contributed by atoms with Crippen LogP contribution in [0.3, 0.4) is 0 Å². The van der Waals surface area contributed by atoms with Crippen molar-refractivity contribution in [3.8, 4) is 5.75 Å². The van der Waals surface area contributed by atoms with E-state index in [1.807, 2.05) is 12.1 Å². The molecule has 0 saturated heterocycles. The highest BCUT2D eigenvalue weighted by Crippen LogP contribution is 2.38. The van der Waals surface area contributed by atoms with Gasteiger partial charge in [0.05, 0.1) is 13.4 Å². The van der Waals surface area contributed by atoms with Crippen LogP contribution in [0.5, 0.6) is 5.75 Å². The molecular formula is C12H14BrNO2. The molecule has 0 saturated carbocycles. The largest absolute Gasteiger partial charge is 0.493 e. The van der Waals surface area contributed by atoms with Crippen LogP contribution in [0.25, 0.3) is 11.0 Å². The van der Waals surface area contributed by atoms with Gasteiger partial charge in [-0.05, 0) is 46.1 Å². The van der Waals surface area contributed by atoms with Gasteiger partial charge in [-0.2, -0.15) is 0 Å². The molecule has 2 aromatic rings. The number of rotatable bonds is 3. The van der Waals surface area contributed by atoms with Crippen LogP contribution >= 0.6 is 15.9 Å². The van der Waals surface area contributed by atoms with Crippen LogP contribution in [-0.4, -0.2) is 13.7 Å². The molecule has 0 aliphatic rings. The molecule has 16 heavy (non-hydrogen) atoms. The molecule has 0 aliphatic heterocycles. The minimum Gasteiger partial charge on any atom is -0.493 e. The number of halogens is 1. The van der Waals surface area contributed by atoms with Crippen LogP contribution in [0, 0.1) is 0 Å². The van der Waals surface area contributed by atoms with Gasteiger partial charge in [0.2, 0.25) is 0 Å². The van der Waals surface area contributed by atoms with Crippen LogP contribution in [0.1, 0.15) is 18.4 Å². The number of nitrogens with two attached hydrogens (primary N) is 1. The van der Waals surface area contributed by atoms with Crippen molar-refractivity contribution in [2.24, 2.45) is 5.73 Å². The van der Waals surface area contributed by atoms with Gasteiger partial charge in [-0.25, -0.2) is 0 Å². The maximum atomic E-state index is 5.70. The summed E-state index contributed by atoms with van der Waals surface area (Å²) in [5.41, 5.74) is 7.61. The highest BCUT2D eigenvalue weighted by atomic mass is 79.9. The van der Waals surface area contributed by atoms with E-state index in [-0.39, 0.29) is 5.92 Å². The van der Waals surface area contributed by atoms with Crippen molar-refractivity contribution in [1.82, 2.24) is 0 Å². The Morgan fingerprint density at radius 2 is 2.31 bits per heavy atom. The number of benzene rings is 1. The van der Waals surface area contributed by atoms with E-state index in [0.717, 1.165) is 26.8 Å². The van der Waals surface area contributed by atoms with Gasteiger partial charge in [0.1, 0.15) is 0 Å². The van der Waals surface area contributed by atoms with Crippen molar-refractivity contribution in [2.75, 3.05) is 13.7 Å². The Balaban J connectivity index is 2.70. The third-order valence-electron chi connectivity index (χ3n) is 2.77. The second-order valence-electron chi connectivity index (χ2n) is 3.78. The summed E-state index contributed by atoms with van der Waals surface area (Å²) in [6.07, 6.45) is 1.66. The molecule has 1 atom stereocenters. The molecule has 3 nitrogen and oxygen atoms in total. The molecule has 0 radical (unpaired) electrons. The predicted octanol–water partition coefficient (Wildman–Crippen LogP) is 3.27. The number of furan rings is 1. The van der Waals surface area contributed by atoms with Crippen molar-refractivity contribution in [3.05, 3.63) is 28.4 Å². The average molecular weight is 284 g/mol. The van der Waals surface area contributed by atoms with Crippen LogP contribution in [-0.2, 0) is 0 Å². The summed E-state index contributed by atoms with van der Waals surface area (Å²) in [7, 11) is 1.64. The van der Waals surface area contributed by atoms with E-state index in [2.05, 4.69) is 22.9 Å².